The Bertz CT molecular complexity index is 470. The highest BCUT2D eigenvalue weighted by Crippen LogP contribution is 2.24. The van der Waals surface area contributed by atoms with Crippen LogP contribution >= 0.6 is 0 Å². The summed E-state index contributed by atoms with van der Waals surface area (Å²) in [5, 5.41) is 10.5. The number of allylic oxidation sites excluding steroid dienone is 1. The molecule has 0 amide bonds. The average Bonchev–Trinajstić information content (AvgIpc) is 2.90. The van der Waals surface area contributed by atoms with Gasteiger partial charge in [0, 0.05) is 12.1 Å². The van der Waals surface area contributed by atoms with Gasteiger partial charge in [-0.1, -0.05) is 6.08 Å². The van der Waals surface area contributed by atoms with Gasteiger partial charge >= 0.3 is 0 Å². The quantitative estimate of drug-likeness (QED) is 0.461. The first-order chi connectivity index (χ1) is 8.66. The van der Waals surface area contributed by atoms with Crippen molar-refractivity contribution in [3.8, 4) is 0 Å². The summed E-state index contributed by atoms with van der Waals surface area (Å²) in [7, 11) is 0. The van der Waals surface area contributed by atoms with E-state index in [-0.39, 0.29) is 11.5 Å². The van der Waals surface area contributed by atoms with Gasteiger partial charge in [-0.05, 0) is 49.5 Å². The lowest BCUT2D eigenvalue weighted by Gasteiger charge is -2.00. The molecule has 0 N–H and O–H groups in total. The fourth-order valence-corrected chi connectivity index (χ4v) is 1.51. The third-order valence-corrected chi connectivity index (χ3v) is 2.48. The van der Waals surface area contributed by atoms with Crippen LogP contribution in [-0.4, -0.2) is 10.7 Å². The summed E-state index contributed by atoms with van der Waals surface area (Å²) in [4.78, 5) is 21.7. The predicted octanol–water partition coefficient (Wildman–Crippen LogP) is 2.58. The van der Waals surface area contributed by atoms with Gasteiger partial charge in [0.1, 0.15) is 0 Å². The molecular formula is C14H10NO3. The minimum Gasteiger partial charge on any atom is -0.294 e. The van der Waals surface area contributed by atoms with E-state index in [0.29, 0.717) is 5.92 Å². The zero-order valence-corrected chi connectivity index (χ0v) is 9.45. The molecule has 0 unspecified atom stereocenters. The Morgan fingerprint density at radius 3 is 2.28 bits per heavy atom. The molecule has 0 spiro atoms. The number of benzene rings is 1. The standard InChI is InChI=1S/C14H10NO3/c16-14(12-3-1-2-4-12)10-7-11-5-8-13(9-6-11)15(17)18/h1-10H/b10-7+. The minimum atomic E-state index is -0.456. The van der Waals surface area contributed by atoms with E-state index in [1.807, 2.05) is 0 Å². The predicted molar refractivity (Wildman–Crippen MR) is 67.6 cm³/mol. The monoisotopic (exact) mass is 240 g/mol. The molecule has 18 heavy (non-hydrogen) atoms. The molecule has 0 aliphatic heterocycles. The summed E-state index contributed by atoms with van der Waals surface area (Å²) in [6, 6.07) is 6.03. The van der Waals surface area contributed by atoms with Crippen molar-refractivity contribution in [2.75, 3.05) is 0 Å². The molecule has 1 fully saturated rings. The van der Waals surface area contributed by atoms with Gasteiger partial charge in [-0.2, -0.15) is 0 Å². The van der Waals surface area contributed by atoms with E-state index in [1.165, 1.54) is 18.2 Å². The van der Waals surface area contributed by atoms with E-state index in [0.717, 1.165) is 5.56 Å². The maximum atomic E-state index is 11.7. The zero-order chi connectivity index (χ0) is 13.0. The Hall–Kier alpha value is -1.97. The molecule has 1 aromatic rings. The van der Waals surface area contributed by atoms with Gasteiger partial charge in [0.05, 0.1) is 10.8 Å². The molecule has 0 aromatic heterocycles. The summed E-state index contributed by atoms with van der Waals surface area (Å²) >= 11 is 0. The first-order valence-electron chi connectivity index (χ1n) is 5.35. The molecule has 2 rings (SSSR count). The van der Waals surface area contributed by atoms with Crippen molar-refractivity contribution >= 4 is 17.5 Å². The van der Waals surface area contributed by atoms with Crippen molar-refractivity contribution in [1.82, 2.24) is 0 Å². The van der Waals surface area contributed by atoms with E-state index in [9.17, 15) is 14.9 Å². The van der Waals surface area contributed by atoms with Crippen LogP contribution in [0.3, 0.4) is 0 Å². The number of nitro groups is 1. The van der Waals surface area contributed by atoms with E-state index in [1.54, 1.807) is 43.9 Å². The molecule has 1 aliphatic carbocycles. The second-order valence-electron chi connectivity index (χ2n) is 3.72. The Morgan fingerprint density at radius 1 is 1.11 bits per heavy atom. The van der Waals surface area contributed by atoms with Gasteiger partial charge in [0.25, 0.3) is 5.69 Å². The second kappa shape index (κ2) is 5.58. The number of ketones is 1. The summed E-state index contributed by atoms with van der Waals surface area (Å²) < 4.78 is 0. The normalized spacial score (nSPS) is 16.2. The van der Waals surface area contributed by atoms with E-state index >= 15 is 0 Å². The molecular weight excluding hydrogens is 230 g/mol. The molecule has 0 atom stereocenters. The van der Waals surface area contributed by atoms with Crippen LogP contribution in [-0.2, 0) is 4.79 Å². The number of nitro benzene ring substituents is 1. The van der Waals surface area contributed by atoms with Crippen molar-refractivity contribution in [3.63, 3.8) is 0 Å². The Balaban J connectivity index is 1.99. The molecule has 4 nitrogen and oxygen atoms in total. The van der Waals surface area contributed by atoms with Crippen LogP contribution in [0, 0.1) is 41.7 Å². The lowest BCUT2D eigenvalue weighted by molar-refractivity contribution is -0.384. The van der Waals surface area contributed by atoms with Gasteiger partial charge in [0.15, 0.2) is 5.78 Å². The fraction of sp³-hybridized carbons (Fsp3) is 0. The summed E-state index contributed by atoms with van der Waals surface area (Å²) in [6.07, 6.45) is 10.2. The Morgan fingerprint density at radius 2 is 1.72 bits per heavy atom. The number of non-ortho nitro benzene ring substituents is 1. The highest BCUT2D eigenvalue weighted by atomic mass is 16.6. The van der Waals surface area contributed by atoms with Gasteiger partial charge in [-0.25, -0.2) is 0 Å². The zero-order valence-electron chi connectivity index (χ0n) is 9.45. The molecule has 1 saturated carbocycles. The average molecular weight is 240 g/mol. The molecule has 0 heterocycles. The van der Waals surface area contributed by atoms with Crippen LogP contribution in [0.5, 0.6) is 0 Å². The molecule has 0 saturated heterocycles. The number of nitrogens with zero attached hydrogens (tertiary/aromatic N) is 1. The summed E-state index contributed by atoms with van der Waals surface area (Å²) in [5.74, 6) is 0.548. The Labute approximate surface area is 105 Å². The SMILES string of the molecule is O=C(/C=C/c1ccc([N+](=O)[O-])cc1)[C]1[CH][CH][CH][CH]1. The second-order valence-corrected chi connectivity index (χ2v) is 3.72. The first kappa shape index (κ1) is 12.5. The Kier molecular flexibility index (Phi) is 3.87. The third-order valence-electron chi connectivity index (χ3n) is 2.48. The highest BCUT2D eigenvalue weighted by Gasteiger charge is 2.22. The van der Waals surface area contributed by atoms with Gasteiger partial charge in [0.2, 0.25) is 0 Å². The molecule has 4 heteroatoms. The summed E-state index contributed by atoms with van der Waals surface area (Å²) in [5.41, 5.74) is 0.787. The van der Waals surface area contributed by atoms with Crippen molar-refractivity contribution in [1.29, 1.82) is 0 Å². The van der Waals surface area contributed by atoms with Crippen molar-refractivity contribution < 1.29 is 9.72 Å². The van der Waals surface area contributed by atoms with Crippen molar-refractivity contribution in [2.24, 2.45) is 0 Å². The van der Waals surface area contributed by atoms with Crippen molar-refractivity contribution in [2.45, 2.75) is 0 Å². The molecule has 1 aliphatic rings. The number of rotatable bonds is 4. The lowest BCUT2D eigenvalue weighted by Crippen LogP contribution is -2.05. The van der Waals surface area contributed by atoms with E-state index < -0.39 is 4.92 Å². The lowest BCUT2D eigenvalue weighted by atomic mass is 10.0. The molecule has 89 valence electrons. The van der Waals surface area contributed by atoms with E-state index in [4.69, 9.17) is 0 Å². The maximum Gasteiger partial charge on any atom is 0.269 e. The van der Waals surface area contributed by atoms with Crippen LogP contribution in [0.15, 0.2) is 30.3 Å². The summed E-state index contributed by atoms with van der Waals surface area (Å²) in [6.45, 7) is 0. The number of hydrogen-bond acceptors (Lipinski definition) is 3. The van der Waals surface area contributed by atoms with Gasteiger partial charge in [-0.3, -0.25) is 14.9 Å². The minimum absolute atomic E-state index is 0.0366. The van der Waals surface area contributed by atoms with Gasteiger partial charge in [-0.15, -0.1) is 0 Å². The topological polar surface area (TPSA) is 60.2 Å². The van der Waals surface area contributed by atoms with Gasteiger partial charge < -0.3 is 0 Å². The smallest absolute Gasteiger partial charge is 0.269 e. The third kappa shape index (κ3) is 3.03. The first-order valence-corrected chi connectivity index (χ1v) is 5.35. The fourth-order valence-electron chi connectivity index (χ4n) is 1.51. The largest absolute Gasteiger partial charge is 0.294 e. The van der Waals surface area contributed by atoms with Crippen LogP contribution in [0.2, 0.25) is 0 Å². The number of carbonyl (C=O) groups is 1. The number of carbonyl (C=O) groups excluding carboxylic acids is 1. The highest BCUT2D eigenvalue weighted by molar-refractivity contribution is 6.07. The van der Waals surface area contributed by atoms with Crippen LogP contribution in [0.4, 0.5) is 5.69 Å². The van der Waals surface area contributed by atoms with Crippen molar-refractivity contribution in [3.05, 3.63) is 77.6 Å². The van der Waals surface area contributed by atoms with Crippen LogP contribution in [0.25, 0.3) is 6.08 Å². The molecule has 1 aromatic carbocycles. The number of hydrogen-bond donors (Lipinski definition) is 0. The van der Waals surface area contributed by atoms with Crippen LogP contribution < -0.4 is 0 Å². The van der Waals surface area contributed by atoms with Crippen LogP contribution in [0.1, 0.15) is 5.56 Å². The van der Waals surface area contributed by atoms with E-state index in [2.05, 4.69) is 0 Å². The maximum absolute atomic E-state index is 11.7. The molecule has 5 radical (unpaired) electrons. The molecule has 0 bridgehead atoms.